The molecule has 0 spiro atoms. The second kappa shape index (κ2) is 5.08. The lowest BCUT2D eigenvalue weighted by atomic mass is 9.88. The average Bonchev–Trinajstić information content (AvgIpc) is 2.88. The van der Waals surface area contributed by atoms with E-state index in [9.17, 15) is 0 Å². The van der Waals surface area contributed by atoms with Gasteiger partial charge < -0.3 is 5.32 Å². The van der Waals surface area contributed by atoms with Gasteiger partial charge in [-0.25, -0.2) is 0 Å². The highest BCUT2D eigenvalue weighted by Crippen LogP contribution is 2.32. The van der Waals surface area contributed by atoms with Crippen molar-refractivity contribution in [2.45, 2.75) is 45.2 Å². The third-order valence-corrected chi connectivity index (χ3v) is 3.84. The standard InChI is InChI=1S/C16H21N3/c1-12(2)19-11-14(10-17-19)18-16-9-5-7-13-6-3-4-8-15(13)16/h3-4,6,8,10-12,16,18H,5,7,9H2,1-2H3. The molecule has 0 radical (unpaired) electrons. The molecule has 0 aliphatic heterocycles. The summed E-state index contributed by atoms with van der Waals surface area (Å²) in [7, 11) is 0. The number of nitrogens with zero attached hydrogens (tertiary/aromatic N) is 2. The fourth-order valence-corrected chi connectivity index (χ4v) is 2.80. The van der Waals surface area contributed by atoms with Gasteiger partial charge in [0.05, 0.1) is 17.9 Å². The maximum atomic E-state index is 4.39. The van der Waals surface area contributed by atoms with Gasteiger partial charge >= 0.3 is 0 Å². The third-order valence-electron chi connectivity index (χ3n) is 3.84. The normalized spacial score (nSPS) is 18.4. The molecule has 0 fully saturated rings. The van der Waals surface area contributed by atoms with Gasteiger partial charge in [-0.3, -0.25) is 4.68 Å². The fraction of sp³-hybridized carbons (Fsp3) is 0.438. The monoisotopic (exact) mass is 255 g/mol. The van der Waals surface area contributed by atoms with E-state index in [2.05, 4.69) is 54.7 Å². The van der Waals surface area contributed by atoms with Crippen molar-refractivity contribution in [1.82, 2.24) is 9.78 Å². The lowest BCUT2D eigenvalue weighted by Gasteiger charge is -2.26. The minimum Gasteiger partial charge on any atom is -0.376 e. The van der Waals surface area contributed by atoms with E-state index in [1.807, 2.05) is 10.9 Å². The highest BCUT2D eigenvalue weighted by molar-refractivity contribution is 5.44. The van der Waals surface area contributed by atoms with E-state index < -0.39 is 0 Å². The van der Waals surface area contributed by atoms with Crippen LogP contribution in [0.2, 0.25) is 0 Å². The number of hydrogen-bond donors (Lipinski definition) is 1. The van der Waals surface area contributed by atoms with E-state index in [1.54, 1.807) is 0 Å². The van der Waals surface area contributed by atoms with E-state index in [-0.39, 0.29) is 0 Å². The maximum Gasteiger partial charge on any atom is 0.0731 e. The van der Waals surface area contributed by atoms with Crippen LogP contribution in [0.15, 0.2) is 36.7 Å². The number of rotatable bonds is 3. The smallest absolute Gasteiger partial charge is 0.0731 e. The van der Waals surface area contributed by atoms with Crippen molar-refractivity contribution in [2.24, 2.45) is 0 Å². The van der Waals surface area contributed by atoms with Gasteiger partial charge in [-0.15, -0.1) is 0 Å². The van der Waals surface area contributed by atoms with E-state index in [4.69, 9.17) is 0 Å². The third kappa shape index (κ3) is 2.50. The zero-order chi connectivity index (χ0) is 13.2. The molecule has 1 unspecified atom stereocenters. The quantitative estimate of drug-likeness (QED) is 0.900. The largest absolute Gasteiger partial charge is 0.376 e. The molecule has 2 aromatic rings. The highest BCUT2D eigenvalue weighted by Gasteiger charge is 2.19. The van der Waals surface area contributed by atoms with E-state index in [0.29, 0.717) is 12.1 Å². The summed E-state index contributed by atoms with van der Waals surface area (Å²) >= 11 is 0. The lowest BCUT2D eigenvalue weighted by Crippen LogP contribution is -2.17. The van der Waals surface area contributed by atoms with Crippen LogP contribution < -0.4 is 5.32 Å². The van der Waals surface area contributed by atoms with Crippen LogP contribution >= 0.6 is 0 Å². The molecular weight excluding hydrogens is 234 g/mol. The van der Waals surface area contributed by atoms with Crippen LogP contribution in [0.5, 0.6) is 0 Å². The number of aromatic nitrogens is 2. The summed E-state index contributed by atoms with van der Waals surface area (Å²) in [5, 5.41) is 8.02. The van der Waals surface area contributed by atoms with E-state index in [0.717, 1.165) is 5.69 Å². The molecule has 100 valence electrons. The average molecular weight is 255 g/mol. The van der Waals surface area contributed by atoms with Crippen LogP contribution in [0.25, 0.3) is 0 Å². The van der Waals surface area contributed by atoms with Gasteiger partial charge in [0.15, 0.2) is 0 Å². The molecule has 1 aliphatic rings. The van der Waals surface area contributed by atoms with E-state index >= 15 is 0 Å². The first-order chi connectivity index (χ1) is 9.24. The Morgan fingerprint density at radius 1 is 1.32 bits per heavy atom. The summed E-state index contributed by atoms with van der Waals surface area (Å²) in [6.07, 6.45) is 7.69. The first kappa shape index (κ1) is 12.3. The maximum absolute atomic E-state index is 4.39. The van der Waals surface area contributed by atoms with Crippen LogP contribution in [0.3, 0.4) is 0 Å². The predicted octanol–water partition coefficient (Wildman–Crippen LogP) is 3.95. The van der Waals surface area contributed by atoms with Crippen LogP contribution in [0, 0.1) is 0 Å². The SMILES string of the molecule is CC(C)n1cc(NC2CCCc3ccccc32)cn1. The first-order valence-electron chi connectivity index (χ1n) is 7.12. The lowest BCUT2D eigenvalue weighted by molar-refractivity contribution is 0.532. The molecule has 3 rings (SSSR count). The van der Waals surface area contributed by atoms with Crippen molar-refractivity contribution in [1.29, 1.82) is 0 Å². The molecule has 3 nitrogen and oxygen atoms in total. The highest BCUT2D eigenvalue weighted by atomic mass is 15.3. The molecule has 0 bridgehead atoms. The predicted molar refractivity (Wildman–Crippen MR) is 78.4 cm³/mol. The van der Waals surface area contributed by atoms with Crippen LogP contribution in [-0.4, -0.2) is 9.78 Å². The molecule has 0 amide bonds. The van der Waals surface area contributed by atoms with Crippen LogP contribution in [0.4, 0.5) is 5.69 Å². The molecule has 1 aromatic heterocycles. The first-order valence-corrected chi connectivity index (χ1v) is 7.12. The van der Waals surface area contributed by atoms with Crippen molar-refractivity contribution in [3.63, 3.8) is 0 Å². The molecule has 3 heteroatoms. The summed E-state index contributed by atoms with van der Waals surface area (Å²) in [4.78, 5) is 0. The zero-order valence-electron chi connectivity index (χ0n) is 11.6. The molecule has 1 heterocycles. The Kier molecular flexibility index (Phi) is 3.28. The van der Waals surface area contributed by atoms with Crippen molar-refractivity contribution < 1.29 is 0 Å². The Morgan fingerprint density at radius 2 is 2.16 bits per heavy atom. The second-order valence-electron chi connectivity index (χ2n) is 5.59. The number of hydrogen-bond acceptors (Lipinski definition) is 2. The molecule has 0 saturated heterocycles. The zero-order valence-corrected chi connectivity index (χ0v) is 11.6. The molecule has 1 N–H and O–H groups in total. The molecule has 1 aromatic carbocycles. The van der Waals surface area contributed by atoms with Gasteiger partial charge in [0.1, 0.15) is 0 Å². The van der Waals surface area contributed by atoms with Gasteiger partial charge in [-0.05, 0) is 44.2 Å². The Hall–Kier alpha value is -1.77. The van der Waals surface area contributed by atoms with Crippen LogP contribution in [0.1, 0.15) is 49.9 Å². The van der Waals surface area contributed by atoms with Gasteiger partial charge in [-0.2, -0.15) is 5.10 Å². The van der Waals surface area contributed by atoms with Crippen molar-refractivity contribution in [3.8, 4) is 0 Å². The summed E-state index contributed by atoms with van der Waals surface area (Å²) in [6, 6.07) is 9.61. The second-order valence-corrected chi connectivity index (χ2v) is 5.59. The van der Waals surface area contributed by atoms with Crippen LogP contribution in [-0.2, 0) is 6.42 Å². The summed E-state index contributed by atoms with van der Waals surface area (Å²) < 4.78 is 2.00. The number of benzene rings is 1. The molecule has 1 atom stereocenters. The molecule has 0 saturated carbocycles. The summed E-state index contributed by atoms with van der Waals surface area (Å²) in [5.74, 6) is 0. The van der Waals surface area contributed by atoms with E-state index in [1.165, 1.54) is 30.4 Å². The minimum absolute atomic E-state index is 0.411. The van der Waals surface area contributed by atoms with Gasteiger partial charge in [0.25, 0.3) is 0 Å². The summed E-state index contributed by atoms with van der Waals surface area (Å²) in [5.41, 5.74) is 4.06. The summed E-state index contributed by atoms with van der Waals surface area (Å²) in [6.45, 7) is 4.29. The van der Waals surface area contributed by atoms with Gasteiger partial charge in [0.2, 0.25) is 0 Å². The molecule has 1 aliphatic carbocycles. The van der Waals surface area contributed by atoms with Gasteiger partial charge in [-0.1, -0.05) is 24.3 Å². The number of anilines is 1. The van der Waals surface area contributed by atoms with Crippen molar-refractivity contribution in [3.05, 3.63) is 47.8 Å². The van der Waals surface area contributed by atoms with Crippen molar-refractivity contribution in [2.75, 3.05) is 5.32 Å². The topological polar surface area (TPSA) is 29.9 Å². The van der Waals surface area contributed by atoms with Crippen molar-refractivity contribution >= 4 is 5.69 Å². The Balaban J connectivity index is 1.80. The van der Waals surface area contributed by atoms with Gasteiger partial charge in [0, 0.05) is 12.2 Å². The molecule has 19 heavy (non-hydrogen) atoms. The Labute approximate surface area is 114 Å². The Morgan fingerprint density at radius 3 is 2.95 bits per heavy atom. The molecular formula is C16H21N3. The Bertz CT molecular complexity index is 557. The minimum atomic E-state index is 0.411. The fourth-order valence-electron chi connectivity index (χ4n) is 2.80. The number of fused-ring (bicyclic) bond motifs is 1. The number of nitrogens with one attached hydrogen (secondary N) is 1. The number of aryl methyl sites for hydroxylation is 1.